The Morgan fingerprint density at radius 1 is 1.09 bits per heavy atom. The number of carbonyl (C=O) groups excluding carboxylic acids is 1. The van der Waals surface area contributed by atoms with Gasteiger partial charge in [-0.25, -0.2) is 0 Å². The van der Waals surface area contributed by atoms with E-state index < -0.39 is 0 Å². The Hall–Kier alpha value is -2.64. The van der Waals surface area contributed by atoms with E-state index in [2.05, 4.69) is 22.3 Å². The molecule has 0 radical (unpaired) electrons. The number of rotatable bonds is 10. The highest BCUT2D eigenvalue weighted by Crippen LogP contribution is 2.31. The first-order valence-electron chi connectivity index (χ1n) is 11.2. The van der Waals surface area contributed by atoms with Gasteiger partial charge < -0.3 is 19.5 Å². The molecule has 0 unspecified atom stereocenters. The van der Waals surface area contributed by atoms with E-state index in [0.717, 1.165) is 61.8 Å². The summed E-state index contributed by atoms with van der Waals surface area (Å²) in [4.78, 5) is 20.0. The molecule has 1 saturated heterocycles. The van der Waals surface area contributed by atoms with Gasteiger partial charge in [0.15, 0.2) is 0 Å². The fourth-order valence-corrected chi connectivity index (χ4v) is 4.17. The van der Waals surface area contributed by atoms with Crippen molar-refractivity contribution in [1.82, 2.24) is 15.2 Å². The monoisotopic (exact) mass is 441 g/mol. The Kier molecular flexibility index (Phi) is 8.88. The molecule has 0 atom stereocenters. The molecule has 1 aliphatic heterocycles. The molecular weight excluding hydrogens is 406 g/mol. The standard InChI is InChI=1S/C25H35N3O4/c1-18-6-7-23(25(29)26-10-5-13-30-2)24(27-18)20-8-11-28(12-9-20)17-19-14-21(31-3)16-22(15-19)32-4/h6-7,14-16,20H,5,8-13,17H2,1-4H3,(H,26,29). The van der Waals surface area contributed by atoms with E-state index in [-0.39, 0.29) is 11.8 Å². The van der Waals surface area contributed by atoms with Gasteiger partial charge in [-0.1, -0.05) is 0 Å². The Balaban J connectivity index is 1.63. The number of methoxy groups -OCH3 is 3. The largest absolute Gasteiger partial charge is 0.497 e. The van der Waals surface area contributed by atoms with Gasteiger partial charge in [-0.15, -0.1) is 0 Å². The van der Waals surface area contributed by atoms with Crippen LogP contribution in [0.15, 0.2) is 30.3 Å². The number of carbonyl (C=O) groups is 1. The Morgan fingerprint density at radius 2 is 1.78 bits per heavy atom. The number of amides is 1. The molecule has 1 N–H and O–H groups in total. The minimum absolute atomic E-state index is 0.0468. The molecule has 0 spiro atoms. The maximum Gasteiger partial charge on any atom is 0.253 e. The zero-order valence-corrected chi connectivity index (χ0v) is 19.6. The molecule has 7 nitrogen and oxygen atoms in total. The quantitative estimate of drug-likeness (QED) is 0.569. The van der Waals surface area contributed by atoms with Gasteiger partial charge in [0.2, 0.25) is 0 Å². The van der Waals surface area contributed by atoms with Crippen LogP contribution in [0.1, 0.15) is 52.5 Å². The summed E-state index contributed by atoms with van der Waals surface area (Å²) in [5.74, 6) is 1.85. The highest BCUT2D eigenvalue weighted by Gasteiger charge is 2.26. The third kappa shape index (κ3) is 6.43. The Labute approximate surface area is 191 Å². The summed E-state index contributed by atoms with van der Waals surface area (Å²) in [7, 11) is 5.01. The van der Waals surface area contributed by atoms with Gasteiger partial charge in [0, 0.05) is 44.5 Å². The van der Waals surface area contributed by atoms with E-state index >= 15 is 0 Å². The Bertz CT molecular complexity index is 873. The molecule has 174 valence electrons. The second kappa shape index (κ2) is 11.8. The van der Waals surface area contributed by atoms with E-state index in [0.29, 0.717) is 18.7 Å². The van der Waals surface area contributed by atoms with Crippen LogP contribution >= 0.6 is 0 Å². The first-order chi connectivity index (χ1) is 15.5. The van der Waals surface area contributed by atoms with Crippen molar-refractivity contribution in [3.63, 3.8) is 0 Å². The van der Waals surface area contributed by atoms with Gasteiger partial charge in [-0.05, 0) is 69.1 Å². The van der Waals surface area contributed by atoms with E-state index in [1.54, 1.807) is 21.3 Å². The lowest BCUT2D eigenvalue weighted by Crippen LogP contribution is -2.34. The third-order valence-electron chi connectivity index (χ3n) is 5.91. The first-order valence-corrected chi connectivity index (χ1v) is 11.2. The predicted octanol–water partition coefficient (Wildman–Crippen LogP) is 3.55. The zero-order valence-electron chi connectivity index (χ0n) is 19.6. The highest BCUT2D eigenvalue weighted by molar-refractivity contribution is 5.95. The minimum atomic E-state index is -0.0468. The van der Waals surface area contributed by atoms with Crippen LogP contribution in [0.4, 0.5) is 0 Å². The van der Waals surface area contributed by atoms with Crippen LogP contribution in [0.3, 0.4) is 0 Å². The van der Waals surface area contributed by atoms with Gasteiger partial charge in [0.25, 0.3) is 5.91 Å². The van der Waals surface area contributed by atoms with Crippen LogP contribution in [-0.2, 0) is 11.3 Å². The molecule has 0 aliphatic carbocycles. The highest BCUT2D eigenvalue weighted by atomic mass is 16.5. The lowest BCUT2D eigenvalue weighted by Gasteiger charge is -2.32. The molecule has 1 fully saturated rings. The molecule has 2 aromatic rings. The predicted molar refractivity (Wildman–Crippen MR) is 125 cm³/mol. The second-order valence-electron chi connectivity index (χ2n) is 8.26. The lowest BCUT2D eigenvalue weighted by atomic mass is 9.89. The summed E-state index contributed by atoms with van der Waals surface area (Å²) < 4.78 is 15.9. The number of ether oxygens (including phenoxy) is 3. The number of piperidine rings is 1. The maximum absolute atomic E-state index is 12.8. The topological polar surface area (TPSA) is 72.9 Å². The van der Waals surface area contributed by atoms with Crippen molar-refractivity contribution in [3.05, 3.63) is 52.8 Å². The molecule has 2 heterocycles. The van der Waals surface area contributed by atoms with Gasteiger partial charge in [-0.2, -0.15) is 0 Å². The molecule has 1 aromatic heterocycles. The van der Waals surface area contributed by atoms with Gasteiger partial charge >= 0.3 is 0 Å². The SMILES string of the molecule is COCCCNC(=O)c1ccc(C)nc1C1CCN(Cc2cc(OC)cc(OC)c2)CC1. The van der Waals surface area contributed by atoms with Crippen molar-refractivity contribution < 1.29 is 19.0 Å². The number of benzene rings is 1. The van der Waals surface area contributed by atoms with Crippen molar-refractivity contribution in [3.8, 4) is 11.5 Å². The van der Waals surface area contributed by atoms with Crippen LogP contribution in [0, 0.1) is 6.92 Å². The number of nitrogens with one attached hydrogen (secondary N) is 1. The van der Waals surface area contributed by atoms with Gasteiger partial charge in [0.05, 0.1) is 25.5 Å². The average Bonchev–Trinajstić information content (AvgIpc) is 2.81. The normalized spacial score (nSPS) is 14.9. The second-order valence-corrected chi connectivity index (χ2v) is 8.26. The molecule has 32 heavy (non-hydrogen) atoms. The van der Waals surface area contributed by atoms with Crippen LogP contribution in [0.25, 0.3) is 0 Å². The number of aryl methyl sites for hydroxylation is 1. The van der Waals surface area contributed by atoms with Crippen LogP contribution < -0.4 is 14.8 Å². The number of likely N-dealkylation sites (tertiary alicyclic amines) is 1. The van der Waals surface area contributed by atoms with Crippen LogP contribution in [0.2, 0.25) is 0 Å². The zero-order chi connectivity index (χ0) is 22.9. The third-order valence-corrected chi connectivity index (χ3v) is 5.91. The first kappa shape index (κ1) is 24.0. The molecule has 1 aliphatic rings. The molecular formula is C25H35N3O4. The maximum atomic E-state index is 12.8. The number of nitrogens with zero attached hydrogens (tertiary/aromatic N) is 2. The number of pyridine rings is 1. The van der Waals surface area contributed by atoms with E-state index in [1.807, 2.05) is 25.1 Å². The van der Waals surface area contributed by atoms with Gasteiger partial charge in [-0.3, -0.25) is 14.7 Å². The molecule has 1 amide bonds. The molecule has 3 rings (SSSR count). The molecule has 1 aromatic carbocycles. The van der Waals surface area contributed by atoms with E-state index in [9.17, 15) is 4.79 Å². The fraction of sp³-hybridized carbons (Fsp3) is 0.520. The van der Waals surface area contributed by atoms with E-state index in [4.69, 9.17) is 19.2 Å². The minimum Gasteiger partial charge on any atom is -0.497 e. The summed E-state index contributed by atoms with van der Waals surface area (Å²) in [5.41, 5.74) is 3.74. The number of hydrogen-bond acceptors (Lipinski definition) is 6. The number of hydrogen-bond donors (Lipinski definition) is 1. The summed E-state index contributed by atoms with van der Waals surface area (Å²) in [5, 5.41) is 3.00. The van der Waals surface area contributed by atoms with Crippen molar-refractivity contribution in [2.24, 2.45) is 0 Å². The van der Waals surface area contributed by atoms with Crippen molar-refractivity contribution >= 4 is 5.91 Å². The molecule has 0 saturated carbocycles. The van der Waals surface area contributed by atoms with E-state index in [1.165, 1.54) is 5.56 Å². The summed E-state index contributed by atoms with van der Waals surface area (Å²) in [6, 6.07) is 9.84. The van der Waals surface area contributed by atoms with Crippen LogP contribution in [-0.4, -0.2) is 63.4 Å². The fourth-order valence-electron chi connectivity index (χ4n) is 4.17. The summed E-state index contributed by atoms with van der Waals surface area (Å²) >= 11 is 0. The van der Waals surface area contributed by atoms with Crippen molar-refractivity contribution in [2.45, 2.75) is 38.6 Å². The lowest BCUT2D eigenvalue weighted by molar-refractivity contribution is 0.0945. The van der Waals surface area contributed by atoms with Crippen molar-refractivity contribution in [2.75, 3.05) is 47.6 Å². The number of aromatic nitrogens is 1. The molecule has 7 heteroatoms. The van der Waals surface area contributed by atoms with Gasteiger partial charge in [0.1, 0.15) is 11.5 Å². The Morgan fingerprint density at radius 3 is 2.41 bits per heavy atom. The summed E-state index contributed by atoms with van der Waals surface area (Å²) in [6.45, 7) is 5.96. The smallest absolute Gasteiger partial charge is 0.253 e. The summed E-state index contributed by atoms with van der Waals surface area (Å²) in [6.07, 6.45) is 2.74. The van der Waals surface area contributed by atoms with Crippen LogP contribution in [0.5, 0.6) is 11.5 Å². The average molecular weight is 442 g/mol. The molecule has 0 bridgehead atoms. The van der Waals surface area contributed by atoms with Crippen molar-refractivity contribution in [1.29, 1.82) is 0 Å².